The number of aromatic amines is 1. The topological polar surface area (TPSA) is 90.1 Å². The summed E-state index contributed by atoms with van der Waals surface area (Å²) >= 11 is 1.92. The summed E-state index contributed by atoms with van der Waals surface area (Å²) in [5.74, 6) is 0.925. The van der Waals surface area contributed by atoms with Crippen LogP contribution in [0.15, 0.2) is 30.3 Å². The standard InChI is InChI=1S/C25H34FN5O2S/c1-31(23(32)12-5-4-11-22-24-21(16-34-22)27-25(33)28-24)13-6-2-3-10-19-15-20(30-29-19)17-8-7-9-18(26)14-17/h7-9,14-15,21-22,24H,2-6,10-13,16H2,1H3,(H,29,30)(H2,27,28,33)/t21-,22-,24-/m0/s1. The Bertz CT molecular complexity index is 984. The number of rotatable bonds is 12. The van der Waals surface area contributed by atoms with Gasteiger partial charge < -0.3 is 15.5 Å². The number of aromatic nitrogens is 2. The monoisotopic (exact) mass is 487 g/mol. The zero-order valence-electron chi connectivity index (χ0n) is 19.7. The number of nitrogens with one attached hydrogen (secondary N) is 3. The zero-order valence-corrected chi connectivity index (χ0v) is 20.5. The molecule has 0 aliphatic carbocycles. The molecule has 2 aliphatic heterocycles. The Morgan fingerprint density at radius 1 is 1.18 bits per heavy atom. The van der Waals surface area contributed by atoms with Crippen LogP contribution in [0.25, 0.3) is 11.3 Å². The molecule has 3 N–H and O–H groups in total. The molecule has 2 aliphatic rings. The van der Waals surface area contributed by atoms with Crippen LogP contribution >= 0.6 is 11.8 Å². The van der Waals surface area contributed by atoms with Crippen molar-refractivity contribution in [3.8, 4) is 11.3 Å². The smallest absolute Gasteiger partial charge is 0.315 e. The van der Waals surface area contributed by atoms with Crippen molar-refractivity contribution in [1.82, 2.24) is 25.7 Å². The third kappa shape index (κ3) is 6.52. The summed E-state index contributed by atoms with van der Waals surface area (Å²) in [6.45, 7) is 0.774. The van der Waals surface area contributed by atoms with Crippen molar-refractivity contribution in [2.45, 2.75) is 68.7 Å². The molecule has 3 heterocycles. The molecule has 34 heavy (non-hydrogen) atoms. The average Bonchev–Trinajstić information content (AvgIpc) is 3.53. The summed E-state index contributed by atoms with van der Waals surface area (Å²) in [5.41, 5.74) is 2.58. The number of amides is 3. The van der Waals surface area contributed by atoms with Crippen molar-refractivity contribution < 1.29 is 14.0 Å². The van der Waals surface area contributed by atoms with Crippen LogP contribution in [0.3, 0.4) is 0 Å². The highest BCUT2D eigenvalue weighted by Crippen LogP contribution is 2.33. The number of fused-ring (bicyclic) bond motifs is 1. The van der Waals surface area contributed by atoms with E-state index in [-0.39, 0.29) is 29.8 Å². The molecule has 1 aromatic carbocycles. The summed E-state index contributed by atoms with van der Waals surface area (Å²) in [6.07, 6.45) is 7.44. The summed E-state index contributed by atoms with van der Waals surface area (Å²) in [4.78, 5) is 25.7. The van der Waals surface area contributed by atoms with Gasteiger partial charge in [0.15, 0.2) is 0 Å². The van der Waals surface area contributed by atoms with Gasteiger partial charge in [0, 0.05) is 42.3 Å². The molecule has 3 amide bonds. The second-order valence-corrected chi connectivity index (χ2v) is 10.6. The van der Waals surface area contributed by atoms with Gasteiger partial charge in [-0.2, -0.15) is 16.9 Å². The van der Waals surface area contributed by atoms with Gasteiger partial charge in [-0.3, -0.25) is 9.89 Å². The Hall–Kier alpha value is -2.55. The summed E-state index contributed by atoms with van der Waals surface area (Å²) in [6, 6.07) is 8.89. The SMILES string of the molecule is CN(CCCCCc1cc(-c2cccc(F)c2)n[nH]1)C(=O)CCCC[C@@H]1SC[C@@H]2NC(=O)N[C@@H]21. The molecule has 2 aromatic rings. The first-order chi connectivity index (χ1) is 16.5. The Morgan fingerprint density at radius 3 is 2.91 bits per heavy atom. The van der Waals surface area contributed by atoms with Crippen LogP contribution in [0.2, 0.25) is 0 Å². The molecule has 2 fully saturated rings. The lowest BCUT2D eigenvalue weighted by molar-refractivity contribution is -0.130. The van der Waals surface area contributed by atoms with Gasteiger partial charge in [0.2, 0.25) is 5.91 Å². The quantitative estimate of drug-likeness (QED) is 0.310. The molecule has 3 atom stereocenters. The number of hydrogen-bond acceptors (Lipinski definition) is 4. The summed E-state index contributed by atoms with van der Waals surface area (Å²) < 4.78 is 13.4. The van der Waals surface area contributed by atoms with E-state index in [0.717, 1.165) is 74.2 Å². The first kappa shape index (κ1) is 24.6. The van der Waals surface area contributed by atoms with Crippen molar-refractivity contribution in [2.24, 2.45) is 0 Å². The van der Waals surface area contributed by atoms with Gasteiger partial charge in [0.05, 0.1) is 17.8 Å². The number of benzene rings is 1. The summed E-state index contributed by atoms with van der Waals surface area (Å²) in [5, 5.41) is 13.8. The number of carbonyl (C=O) groups is 2. The van der Waals surface area contributed by atoms with Crippen LogP contribution < -0.4 is 10.6 Å². The van der Waals surface area contributed by atoms with Crippen LogP contribution in [-0.4, -0.2) is 63.7 Å². The highest BCUT2D eigenvalue weighted by atomic mass is 32.2. The zero-order chi connectivity index (χ0) is 23.9. The van der Waals surface area contributed by atoms with E-state index >= 15 is 0 Å². The number of nitrogens with zero attached hydrogens (tertiary/aromatic N) is 2. The molecule has 0 unspecified atom stereocenters. The molecule has 4 rings (SSSR count). The number of urea groups is 1. The van der Waals surface area contributed by atoms with E-state index in [1.54, 1.807) is 6.07 Å². The second-order valence-electron chi connectivity index (χ2n) is 9.28. The maximum atomic E-state index is 13.4. The van der Waals surface area contributed by atoms with Gasteiger partial charge >= 0.3 is 6.03 Å². The molecule has 2 saturated heterocycles. The van der Waals surface area contributed by atoms with E-state index in [2.05, 4.69) is 20.8 Å². The van der Waals surface area contributed by atoms with Crippen molar-refractivity contribution in [1.29, 1.82) is 0 Å². The lowest BCUT2D eigenvalue weighted by Gasteiger charge is -2.18. The van der Waals surface area contributed by atoms with Crippen molar-refractivity contribution in [2.75, 3.05) is 19.3 Å². The molecule has 1 aromatic heterocycles. The van der Waals surface area contributed by atoms with Crippen LogP contribution in [0.5, 0.6) is 0 Å². The molecule has 184 valence electrons. The minimum absolute atomic E-state index is 0.0460. The lowest BCUT2D eigenvalue weighted by atomic mass is 10.0. The molecular formula is C25H34FN5O2S. The number of H-pyrrole nitrogens is 1. The number of aryl methyl sites for hydroxylation is 1. The van der Waals surface area contributed by atoms with Crippen LogP contribution in [-0.2, 0) is 11.2 Å². The fraction of sp³-hybridized carbons (Fsp3) is 0.560. The normalized spacial score (nSPS) is 21.2. The molecule has 9 heteroatoms. The molecule has 0 saturated carbocycles. The summed E-state index contributed by atoms with van der Waals surface area (Å²) in [7, 11) is 1.89. The number of halogens is 1. The van der Waals surface area contributed by atoms with E-state index in [4.69, 9.17) is 0 Å². The fourth-order valence-corrected chi connectivity index (χ4v) is 6.25. The number of carbonyl (C=O) groups excluding carboxylic acids is 2. The number of unbranched alkanes of at least 4 members (excludes halogenated alkanes) is 3. The maximum absolute atomic E-state index is 13.4. The van der Waals surface area contributed by atoms with E-state index in [1.807, 2.05) is 35.8 Å². The predicted molar refractivity (Wildman–Crippen MR) is 133 cm³/mol. The molecular weight excluding hydrogens is 453 g/mol. The first-order valence-electron chi connectivity index (χ1n) is 12.2. The number of hydrogen-bond donors (Lipinski definition) is 3. The van der Waals surface area contributed by atoms with E-state index < -0.39 is 0 Å². The highest BCUT2D eigenvalue weighted by molar-refractivity contribution is 8.00. The Labute approximate surface area is 204 Å². The van der Waals surface area contributed by atoms with E-state index in [9.17, 15) is 14.0 Å². The Kier molecular flexibility index (Phi) is 8.48. The predicted octanol–water partition coefficient (Wildman–Crippen LogP) is 4.11. The largest absolute Gasteiger partial charge is 0.346 e. The molecule has 0 bridgehead atoms. The minimum atomic E-state index is -0.261. The van der Waals surface area contributed by atoms with Gasteiger partial charge in [-0.1, -0.05) is 25.0 Å². The Balaban J connectivity index is 1.05. The maximum Gasteiger partial charge on any atom is 0.315 e. The van der Waals surface area contributed by atoms with Gasteiger partial charge in [-0.25, -0.2) is 9.18 Å². The van der Waals surface area contributed by atoms with Crippen LogP contribution in [0.1, 0.15) is 50.6 Å². The minimum Gasteiger partial charge on any atom is -0.346 e. The van der Waals surface area contributed by atoms with E-state index in [1.165, 1.54) is 12.1 Å². The molecule has 0 spiro atoms. The third-order valence-electron chi connectivity index (χ3n) is 6.68. The van der Waals surface area contributed by atoms with Crippen LogP contribution in [0, 0.1) is 5.82 Å². The van der Waals surface area contributed by atoms with Crippen molar-refractivity contribution in [3.05, 3.63) is 41.8 Å². The van der Waals surface area contributed by atoms with Gasteiger partial charge in [-0.15, -0.1) is 0 Å². The fourth-order valence-electron chi connectivity index (χ4n) is 4.71. The third-order valence-corrected chi connectivity index (χ3v) is 8.19. The van der Waals surface area contributed by atoms with E-state index in [0.29, 0.717) is 11.7 Å². The first-order valence-corrected chi connectivity index (χ1v) is 13.3. The van der Waals surface area contributed by atoms with Crippen molar-refractivity contribution >= 4 is 23.7 Å². The second kappa shape index (κ2) is 11.7. The number of thioether (sulfide) groups is 1. The Morgan fingerprint density at radius 2 is 2.06 bits per heavy atom. The molecule has 0 radical (unpaired) electrons. The molecule has 7 nitrogen and oxygen atoms in total. The lowest BCUT2D eigenvalue weighted by Crippen LogP contribution is -2.36. The van der Waals surface area contributed by atoms with Gasteiger partial charge in [-0.05, 0) is 50.3 Å². The van der Waals surface area contributed by atoms with Gasteiger partial charge in [0.1, 0.15) is 5.82 Å². The van der Waals surface area contributed by atoms with Crippen LogP contribution in [0.4, 0.5) is 9.18 Å². The van der Waals surface area contributed by atoms with Gasteiger partial charge in [0.25, 0.3) is 0 Å². The highest BCUT2D eigenvalue weighted by Gasteiger charge is 2.42. The van der Waals surface area contributed by atoms with Crippen molar-refractivity contribution in [3.63, 3.8) is 0 Å². The average molecular weight is 488 g/mol.